The van der Waals surface area contributed by atoms with E-state index in [1.807, 2.05) is 32.0 Å². The highest BCUT2D eigenvalue weighted by Gasteiger charge is 2.18. The predicted molar refractivity (Wildman–Crippen MR) is 84.1 cm³/mol. The molecular formula is C14H18BrNO3S. The lowest BCUT2D eigenvalue weighted by Crippen LogP contribution is -2.41. The number of carbonyl (C=O) groups is 2. The molecule has 0 fully saturated rings. The van der Waals surface area contributed by atoms with E-state index in [1.165, 1.54) is 11.8 Å². The maximum Gasteiger partial charge on any atom is 0.326 e. The van der Waals surface area contributed by atoms with Crippen LogP contribution in [-0.2, 0) is 9.59 Å². The number of carboxylic acids is 1. The van der Waals surface area contributed by atoms with Crippen LogP contribution in [0, 0.1) is 6.92 Å². The minimum Gasteiger partial charge on any atom is -0.480 e. The fourth-order valence-electron chi connectivity index (χ4n) is 1.70. The quantitative estimate of drug-likeness (QED) is 0.733. The van der Waals surface area contributed by atoms with Gasteiger partial charge in [-0.25, -0.2) is 4.79 Å². The van der Waals surface area contributed by atoms with Crippen molar-refractivity contribution in [1.29, 1.82) is 0 Å². The molecule has 2 N–H and O–H groups in total. The summed E-state index contributed by atoms with van der Waals surface area (Å²) in [4.78, 5) is 23.8. The number of aliphatic carboxylic acids is 1. The van der Waals surface area contributed by atoms with Gasteiger partial charge in [0.2, 0.25) is 5.91 Å². The highest BCUT2D eigenvalue weighted by Crippen LogP contribution is 2.25. The van der Waals surface area contributed by atoms with Gasteiger partial charge in [-0.2, -0.15) is 0 Å². The summed E-state index contributed by atoms with van der Waals surface area (Å²) in [7, 11) is 0. The number of thioether (sulfide) groups is 1. The van der Waals surface area contributed by atoms with Crippen molar-refractivity contribution in [2.24, 2.45) is 0 Å². The Labute approximate surface area is 131 Å². The molecule has 0 aromatic heterocycles. The molecule has 0 spiro atoms. The summed E-state index contributed by atoms with van der Waals surface area (Å²) in [6.45, 7) is 3.87. The molecule has 1 aromatic rings. The molecule has 1 amide bonds. The Morgan fingerprint density at radius 1 is 1.45 bits per heavy atom. The van der Waals surface area contributed by atoms with E-state index in [1.54, 1.807) is 0 Å². The normalized spacial score (nSPS) is 11.9. The highest BCUT2D eigenvalue weighted by molar-refractivity contribution is 9.10. The summed E-state index contributed by atoms with van der Waals surface area (Å²) in [6, 6.07) is 5.05. The number of carbonyl (C=O) groups excluding carboxylic acids is 1. The van der Waals surface area contributed by atoms with Crippen LogP contribution < -0.4 is 5.32 Å². The molecule has 0 bridgehead atoms. The Bertz CT molecular complexity index is 493. The fourth-order valence-corrected chi connectivity index (χ4v) is 3.00. The lowest BCUT2D eigenvalue weighted by Gasteiger charge is -2.13. The van der Waals surface area contributed by atoms with Gasteiger partial charge in [0.1, 0.15) is 6.04 Å². The van der Waals surface area contributed by atoms with Crippen LogP contribution in [0.15, 0.2) is 27.6 Å². The Morgan fingerprint density at radius 3 is 2.70 bits per heavy atom. The summed E-state index contributed by atoms with van der Waals surface area (Å²) in [5, 5.41) is 11.5. The van der Waals surface area contributed by atoms with Crippen LogP contribution in [0.1, 0.15) is 25.3 Å². The topological polar surface area (TPSA) is 66.4 Å². The molecule has 0 saturated carbocycles. The maximum absolute atomic E-state index is 11.8. The molecule has 6 heteroatoms. The summed E-state index contributed by atoms with van der Waals surface area (Å²) in [6.07, 6.45) is 1.17. The third-order valence-corrected chi connectivity index (χ3v) is 4.38. The SMILES string of the molecule is CCCC(NC(=O)CSc1ccc(Br)cc1C)C(=O)O. The van der Waals surface area contributed by atoms with Crippen molar-refractivity contribution in [1.82, 2.24) is 5.32 Å². The average molecular weight is 360 g/mol. The summed E-state index contributed by atoms with van der Waals surface area (Å²) in [5.41, 5.74) is 1.08. The smallest absolute Gasteiger partial charge is 0.326 e. The van der Waals surface area contributed by atoms with Gasteiger partial charge in [0.25, 0.3) is 0 Å². The second kappa shape index (κ2) is 8.32. The minimum atomic E-state index is -0.981. The third kappa shape index (κ3) is 5.54. The van der Waals surface area contributed by atoms with E-state index in [-0.39, 0.29) is 11.7 Å². The van der Waals surface area contributed by atoms with Crippen LogP contribution in [0.5, 0.6) is 0 Å². The highest BCUT2D eigenvalue weighted by atomic mass is 79.9. The van der Waals surface area contributed by atoms with E-state index < -0.39 is 12.0 Å². The Morgan fingerprint density at radius 2 is 2.15 bits per heavy atom. The summed E-state index contributed by atoms with van der Waals surface area (Å²) >= 11 is 4.80. The van der Waals surface area contributed by atoms with Gasteiger partial charge in [-0.05, 0) is 37.1 Å². The molecule has 0 radical (unpaired) electrons. The van der Waals surface area contributed by atoms with Gasteiger partial charge in [0.15, 0.2) is 0 Å². The van der Waals surface area contributed by atoms with E-state index in [9.17, 15) is 9.59 Å². The first-order valence-corrected chi connectivity index (χ1v) is 8.13. The van der Waals surface area contributed by atoms with Crippen molar-refractivity contribution < 1.29 is 14.7 Å². The number of amides is 1. The van der Waals surface area contributed by atoms with E-state index in [2.05, 4.69) is 21.2 Å². The zero-order valence-corrected chi connectivity index (χ0v) is 13.9. The van der Waals surface area contributed by atoms with Crippen LogP contribution in [0.25, 0.3) is 0 Å². The molecule has 4 nitrogen and oxygen atoms in total. The van der Waals surface area contributed by atoms with Crippen molar-refractivity contribution in [3.63, 3.8) is 0 Å². The molecule has 20 heavy (non-hydrogen) atoms. The summed E-state index contributed by atoms with van der Waals surface area (Å²) in [5.74, 6) is -1.01. The van der Waals surface area contributed by atoms with Gasteiger partial charge in [0.05, 0.1) is 5.75 Å². The number of halogens is 1. The Balaban J connectivity index is 2.52. The first-order chi connectivity index (χ1) is 9.43. The van der Waals surface area contributed by atoms with Crippen LogP contribution in [0.2, 0.25) is 0 Å². The molecule has 1 unspecified atom stereocenters. The molecule has 1 rings (SSSR count). The number of aryl methyl sites for hydroxylation is 1. The monoisotopic (exact) mass is 359 g/mol. The molecule has 0 heterocycles. The minimum absolute atomic E-state index is 0.218. The summed E-state index contributed by atoms with van der Waals surface area (Å²) < 4.78 is 0.998. The van der Waals surface area contributed by atoms with Crippen molar-refractivity contribution in [3.8, 4) is 0 Å². The number of hydrogen-bond donors (Lipinski definition) is 2. The van der Waals surface area contributed by atoms with Gasteiger partial charge in [-0.1, -0.05) is 29.3 Å². The first-order valence-electron chi connectivity index (χ1n) is 6.35. The van der Waals surface area contributed by atoms with Crippen LogP contribution in [0.3, 0.4) is 0 Å². The molecular weight excluding hydrogens is 342 g/mol. The molecule has 110 valence electrons. The molecule has 1 atom stereocenters. The molecule has 0 aliphatic rings. The maximum atomic E-state index is 11.8. The van der Waals surface area contributed by atoms with Crippen molar-refractivity contribution in [2.75, 3.05) is 5.75 Å². The fraction of sp³-hybridized carbons (Fsp3) is 0.429. The van der Waals surface area contributed by atoms with Gasteiger partial charge in [0, 0.05) is 9.37 Å². The molecule has 0 aliphatic carbocycles. The zero-order valence-electron chi connectivity index (χ0n) is 11.5. The van der Waals surface area contributed by atoms with Crippen LogP contribution in [0.4, 0.5) is 0 Å². The van der Waals surface area contributed by atoms with Crippen molar-refractivity contribution in [2.45, 2.75) is 37.6 Å². The Kier molecular flexibility index (Phi) is 7.09. The standard InChI is InChI=1S/C14H18BrNO3S/c1-3-4-11(14(18)19)16-13(17)8-20-12-6-5-10(15)7-9(12)2/h5-7,11H,3-4,8H2,1-2H3,(H,16,17)(H,18,19). The van der Waals surface area contributed by atoms with Gasteiger partial charge < -0.3 is 10.4 Å². The van der Waals surface area contributed by atoms with Crippen LogP contribution in [-0.4, -0.2) is 28.8 Å². The zero-order chi connectivity index (χ0) is 15.1. The van der Waals surface area contributed by atoms with Crippen molar-refractivity contribution in [3.05, 3.63) is 28.2 Å². The van der Waals surface area contributed by atoms with Gasteiger partial charge >= 0.3 is 5.97 Å². The van der Waals surface area contributed by atoms with Gasteiger partial charge in [-0.3, -0.25) is 4.79 Å². The second-order valence-corrected chi connectivity index (χ2v) is 6.38. The molecule has 0 aliphatic heterocycles. The largest absolute Gasteiger partial charge is 0.480 e. The van der Waals surface area contributed by atoms with E-state index in [0.29, 0.717) is 6.42 Å². The number of carboxylic acid groups (broad SMARTS) is 1. The number of rotatable bonds is 7. The number of benzene rings is 1. The second-order valence-electron chi connectivity index (χ2n) is 4.45. The predicted octanol–water partition coefficient (Wildman–Crippen LogP) is 3.22. The number of nitrogens with one attached hydrogen (secondary N) is 1. The average Bonchev–Trinajstić information content (AvgIpc) is 2.37. The molecule has 1 aromatic carbocycles. The van der Waals surface area contributed by atoms with E-state index in [4.69, 9.17) is 5.11 Å². The molecule has 0 saturated heterocycles. The van der Waals surface area contributed by atoms with E-state index >= 15 is 0 Å². The number of hydrogen-bond acceptors (Lipinski definition) is 3. The van der Waals surface area contributed by atoms with Crippen LogP contribution >= 0.6 is 27.7 Å². The third-order valence-electron chi connectivity index (χ3n) is 2.71. The van der Waals surface area contributed by atoms with E-state index in [0.717, 1.165) is 21.4 Å². The lowest BCUT2D eigenvalue weighted by atomic mass is 10.2. The Hall–Kier alpha value is -1.01. The lowest BCUT2D eigenvalue weighted by molar-refractivity contribution is -0.141. The van der Waals surface area contributed by atoms with Gasteiger partial charge in [-0.15, -0.1) is 11.8 Å². The van der Waals surface area contributed by atoms with Crippen molar-refractivity contribution >= 4 is 39.6 Å². The first kappa shape index (κ1) is 17.0.